The highest BCUT2D eigenvalue weighted by Gasteiger charge is 2.33. The largest absolute Gasteiger partial charge is 0.480 e. The number of nitrogens with zero attached hydrogens (tertiary/aromatic N) is 1. The van der Waals surface area contributed by atoms with Crippen LogP contribution in [0, 0.1) is 5.92 Å². The molecule has 1 aliphatic rings. The van der Waals surface area contributed by atoms with Crippen LogP contribution in [0.2, 0.25) is 0 Å². The third-order valence-corrected chi connectivity index (χ3v) is 6.19. The van der Waals surface area contributed by atoms with E-state index in [-0.39, 0.29) is 31.5 Å². The van der Waals surface area contributed by atoms with Crippen LogP contribution in [0.25, 0.3) is 11.1 Å². The van der Waals surface area contributed by atoms with E-state index in [4.69, 9.17) is 4.74 Å². The summed E-state index contributed by atoms with van der Waals surface area (Å²) in [6.45, 7) is 7.26. The molecular formula is C27H34N2O5. The fraction of sp³-hybridized carbons (Fsp3) is 0.444. The molecular weight excluding hydrogens is 432 g/mol. The van der Waals surface area contributed by atoms with Gasteiger partial charge < -0.3 is 20.1 Å². The summed E-state index contributed by atoms with van der Waals surface area (Å²) in [7, 11) is 0. The summed E-state index contributed by atoms with van der Waals surface area (Å²) >= 11 is 0. The monoisotopic (exact) mass is 466 g/mol. The lowest BCUT2D eigenvalue weighted by Gasteiger charge is -2.37. The van der Waals surface area contributed by atoms with E-state index in [9.17, 15) is 19.5 Å². The first kappa shape index (κ1) is 25.3. The van der Waals surface area contributed by atoms with E-state index in [1.807, 2.05) is 31.2 Å². The molecule has 0 aliphatic heterocycles. The maximum atomic E-state index is 13.1. The van der Waals surface area contributed by atoms with Crippen molar-refractivity contribution in [3.05, 3.63) is 59.7 Å². The number of amides is 2. The molecule has 0 radical (unpaired) electrons. The number of hydrogen-bond acceptors (Lipinski definition) is 4. The Labute approximate surface area is 201 Å². The number of alkyl carbamates (subject to hydrolysis) is 1. The van der Waals surface area contributed by atoms with Gasteiger partial charge in [-0.1, -0.05) is 61.9 Å². The zero-order valence-corrected chi connectivity index (χ0v) is 20.3. The van der Waals surface area contributed by atoms with Crippen LogP contribution in [-0.2, 0) is 14.3 Å². The van der Waals surface area contributed by atoms with Crippen molar-refractivity contribution >= 4 is 18.0 Å². The van der Waals surface area contributed by atoms with Crippen LogP contribution in [-0.4, -0.2) is 53.2 Å². The highest BCUT2D eigenvalue weighted by atomic mass is 16.5. The van der Waals surface area contributed by atoms with Crippen LogP contribution >= 0.6 is 0 Å². The van der Waals surface area contributed by atoms with Gasteiger partial charge in [-0.25, -0.2) is 4.79 Å². The summed E-state index contributed by atoms with van der Waals surface area (Å²) in [5.74, 6) is -1.92. The zero-order valence-electron chi connectivity index (χ0n) is 20.3. The van der Waals surface area contributed by atoms with Crippen molar-refractivity contribution in [1.82, 2.24) is 10.2 Å². The van der Waals surface area contributed by atoms with Crippen molar-refractivity contribution < 1.29 is 24.2 Å². The summed E-state index contributed by atoms with van der Waals surface area (Å²) in [4.78, 5) is 38.4. The third-order valence-electron chi connectivity index (χ3n) is 6.19. The van der Waals surface area contributed by atoms with Crippen molar-refractivity contribution in [3.8, 4) is 11.1 Å². The van der Waals surface area contributed by atoms with E-state index >= 15 is 0 Å². The molecule has 2 N–H and O–H groups in total. The number of carboxylic acid groups (broad SMARTS) is 1. The van der Waals surface area contributed by atoms with Crippen LogP contribution in [0.4, 0.5) is 4.79 Å². The second-order valence-electron chi connectivity index (χ2n) is 9.68. The second kappa shape index (κ2) is 10.7. The standard InChI is InChI=1S/C27H34N2O5/c1-5-10-18(25(32)29(16-24(30)31)27(2,3)4)15-28-26(33)34-17-23-21-13-8-6-11-19(21)20-12-7-9-14-22(20)23/h6-9,11-14,18,23H,5,10,15-17H2,1-4H3,(H,28,33)(H,30,31). The van der Waals surface area contributed by atoms with E-state index in [0.717, 1.165) is 28.7 Å². The average molecular weight is 467 g/mol. The van der Waals surface area contributed by atoms with Gasteiger partial charge in [0.1, 0.15) is 13.2 Å². The topological polar surface area (TPSA) is 95.9 Å². The van der Waals surface area contributed by atoms with Gasteiger partial charge in [0.15, 0.2) is 0 Å². The molecule has 0 saturated heterocycles. The van der Waals surface area contributed by atoms with E-state index in [0.29, 0.717) is 6.42 Å². The summed E-state index contributed by atoms with van der Waals surface area (Å²) < 4.78 is 5.57. The SMILES string of the molecule is CCCC(CNC(=O)OCC1c2ccccc2-c2ccccc21)C(=O)N(CC(=O)O)C(C)(C)C. The van der Waals surface area contributed by atoms with Crippen molar-refractivity contribution in [1.29, 1.82) is 0 Å². The molecule has 7 heteroatoms. The first-order valence-corrected chi connectivity index (χ1v) is 11.8. The summed E-state index contributed by atoms with van der Waals surface area (Å²) in [5, 5.41) is 12.0. The molecule has 0 spiro atoms. The molecule has 0 fully saturated rings. The van der Waals surface area contributed by atoms with Gasteiger partial charge in [-0.05, 0) is 49.4 Å². The Morgan fingerprint density at radius 2 is 1.59 bits per heavy atom. The van der Waals surface area contributed by atoms with Crippen LogP contribution in [0.1, 0.15) is 57.6 Å². The van der Waals surface area contributed by atoms with Crippen molar-refractivity contribution in [3.63, 3.8) is 0 Å². The number of nitrogens with one attached hydrogen (secondary N) is 1. The Hall–Kier alpha value is -3.35. The maximum Gasteiger partial charge on any atom is 0.407 e. The minimum absolute atomic E-state index is 0.0434. The minimum Gasteiger partial charge on any atom is -0.480 e. The van der Waals surface area contributed by atoms with E-state index in [1.165, 1.54) is 4.90 Å². The highest BCUT2D eigenvalue weighted by Crippen LogP contribution is 2.44. The molecule has 2 amide bonds. The van der Waals surface area contributed by atoms with E-state index in [1.54, 1.807) is 20.8 Å². The normalized spacial score (nSPS) is 13.5. The Balaban J connectivity index is 1.63. The number of rotatable bonds is 9. The molecule has 0 bridgehead atoms. The quantitative estimate of drug-likeness (QED) is 0.561. The minimum atomic E-state index is -1.07. The summed E-state index contributed by atoms with van der Waals surface area (Å²) in [5.41, 5.74) is 3.92. The molecule has 0 saturated carbocycles. The number of ether oxygens (including phenoxy) is 1. The fourth-order valence-electron chi connectivity index (χ4n) is 4.52. The smallest absolute Gasteiger partial charge is 0.407 e. The van der Waals surface area contributed by atoms with Crippen LogP contribution in [0.5, 0.6) is 0 Å². The number of fused-ring (bicyclic) bond motifs is 3. The molecule has 1 aliphatic carbocycles. The number of carbonyl (C=O) groups is 3. The number of benzene rings is 2. The lowest BCUT2D eigenvalue weighted by atomic mass is 9.97. The Morgan fingerprint density at radius 3 is 2.09 bits per heavy atom. The maximum absolute atomic E-state index is 13.1. The Morgan fingerprint density at radius 1 is 1.03 bits per heavy atom. The zero-order chi connectivity index (χ0) is 24.9. The van der Waals surface area contributed by atoms with Crippen molar-refractivity contribution in [2.75, 3.05) is 19.7 Å². The molecule has 3 rings (SSSR count). The number of aliphatic carboxylic acids is 1. The Bertz CT molecular complexity index is 998. The average Bonchev–Trinajstić information content (AvgIpc) is 3.11. The summed E-state index contributed by atoms with van der Waals surface area (Å²) in [6.07, 6.45) is 0.680. The molecule has 34 heavy (non-hydrogen) atoms. The third kappa shape index (κ3) is 5.76. The predicted molar refractivity (Wildman–Crippen MR) is 131 cm³/mol. The lowest BCUT2D eigenvalue weighted by molar-refractivity contribution is -0.150. The highest BCUT2D eigenvalue weighted by molar-refractivity contribution is 5.84. The van der Waals surface area contributed by atoms with Crippen LogP contribution in [0.3, 0.4) is 0 Å². The molecule has 1 unspecified atom stereocenters. The van der Waals surface area contributed by atoms with Crippen LogP contribution < -0.4 is 5.32 Å². The molecule has 182 valence electrons. The van der Waals surface area contributed by atoms with Gasteiger partial charge in [0.25, 0.3) is 0 Å². The number of carboxylic acids is 1. The van der Waals surface area contributed by atoms with Gasteiger partial charge in [-0.15, -0.1) is 0 Å². The van der Waals surface area contributed by atoms with Gasteiger partial charge in [-0.2, -0.15) is 0 Å². The van der Waals surface area contributed by atoms with Gasteiger partial charge in [0.2, 0.25) is 5.91 Å². The molecule has 0 heterocycles. The molecule has 1 atom stereocenters. The lowest BCUT2D eigenvalue weighted by Crippen LogP contribution is -2.52. The van der Waals surface area contributed by atoms with Crippen LogP contribution in [0.15, 0.2) is 48.5 Å². The first-order chi connectivity index (χ1) is 16.1. The molecule has 2 aromatic rings. The van der Waals surface area contributed by atoms with Gasteiger partial charge in [-0.3, -0.25) is 9.59 Å². The van der Waals surface area contributed by atoms with Gasteiger partial charge in [0.05, 0.1) is 5.92 Å². The number of hydrogen-bond donors (Lipinski definition) is 2. The van der Waals surface area contributed by atoms with Gasteiger partial charge in [0, 0.05) is 18.0 Å². The van der Waals surface area contributed by atoms with E-state index < -0.39 is 23.5 Å². The first-order valence-electron chi connectivity index (χ1n) is 11.8. The fourth-order valence-corrected chi connectivity index (χ4v) is 4.52. The summed E-state index contributed by atoms with van der Waals surface area (Å²) in [6, 6.07) is 16.2. The molecule has 0 aromatic heterocycles. The van der Waals surface area contributed by atoms with Crippen molar-refractivity contribution in [2.24, 2.45) is 5.92 Å². The Kier molecular flexibility index (Phi) is 7.97. The number of carbonyl (C=O) groups excluding carboxylic acids is 2. The second-order valence-corrected chi connectivity index (χ2v) is 9.68. The molecule has 2 aromatic carbocycles. The molecule has 7 nitrogen and oxygen atoms in total. The predicted octanol–water partition coefficient (Wildman–Crippen LogP) is 4.65. The van der Waals surface area contributed by atoms with E-state index in [2.05, 4.69) is 29.6 Å². The van der Waals surface area contributed by atoms with Gasteiger partial charge >= 0.3 is 12.1 Å². The van der Waals surface area contributed by atoms with Crippen molar-refractivity contribution in [2.45, 2.75) is 52.0 Å².